The van der Waals surface area contributed by atoms with Crippen LogP contribution in [-0.4, -0.2) is 16.1 Å². The molecule has 4 nitrogen and oxygen atoms in total. The van der Waals surface area contributed by atoms with Gasteiger partial charge in [0.25, 0.3) is 0 Å². The maximum absolute atomic E-state index is 14.7. The van der Waals surface area contributed by atoms with E-state index in [9.17, 15) is 13.0 Å². The van der Waals surface area contributed by atoms with E-state index in [1.165, 1.54) is 30.6 Å². The first-order valence-electron chi connectivity index (χ1n) is 7.86. The van der Waals surface area contributed by atoms with Gasteiger partial charge in [0, 0.05) is 16.7 Å². The zero-order valence-corrected chi connectivity index (χ0v) is 16.5. The molecule has 0 spiro atoms. The van der Waals surface area contributed by atoms with Gasteiger partial charge in [-0.25, -0.2) is 8.78 Å². The molecular formula is C19H12Cl2F2N3OS+. The zero-order valence-electron chi connectivity index (χ0n) is 14.1. The van der Waals surface area contributed by atoms with E-state index in [1.54, 1.807) is 12.1 Å². The Morgan fingerprint density at radius 1 is 1.07 bits per heavy atom. The molecule has 142 valence electrons. The second-order valence-electron chi connectivity index (χ2n) is 5.47. The van der Waals surface area contributed by atoms with E-state index in [-0.39, 0.29) is 11.6 Å². The smallest absolute Gasteiger partial charge is 0.185 e. The third-order valence-electron chi connectivity index (χ3n) is 3.60. The van der Waals surface area contributed by atoms with Crippen LogP contribution < -0.4 is 5.32 Å². The quantitative estimate of drug-likeness (QED) is 0.367. The van der Waals surface area contributed by atoms with E-state index in [0.717, 1.165) is 6.07 Å². The van der Waals surface area contributed by atoms with Crippen LogP contribution >= 0.6 is 23.2 Å². The minimum Gasteiger partial charge on any atom is -0.341 e. The predicted molar refractivity (Wildman–Crippen MR) is 107 cm³/mol. The fraction of sp³-hybridized carbons (Fsp3) is 0.0526. The highest BCUT2D eigenvalue weighted by Crippen LogP contribution is 2.25. The molecule has 28 heavy (non-hydrogen) atoms. The number of anilines is 1. The largest absolute Gasteiger partial charge is 0.341 e. The van der Waals surface area contributed by atoms with Gasteiger partial charge in [-0.3, -0.25) is 0 Å². The van der Waals surface area contributed by atoms with Crippen LogP contribution in [0.4, 0.5) is 14.5 Å². The first-order valence-corrected chi connectivity index (χ1v) is 10.1. The zero-order chi connectivity index (χ0) is 20.1. The van der Waals surface area contributed by atoms with Crippen molar-refractivity contribution in [1.82, 2.24) is 10.2 Å². The van der Waals surface area contributed by atoms with Gasteiger partial charge >= 0.3 is 0 Å². The number of benzene rings is 2. The molecule has 0 aliphatic carbocycles. The van der Waals surface area contributed by atoms with Gasteiger partial charge in [-0.1, -0.05) is 35.0 Å². The molecule has 0 radical (unpaired) electrons. The molecule has 1 unspecified atom stereocenters. The molecular weight excluding hydrogens is 427 g/mol. The lowest BCUT2D eigenvalue weighted by atomic mass is 10.1. The molecule has 3 aromatic rings. The summed E-state index contributed by atoms with van der Waals surface area (Å²) in [5, 5.41) is 10.6. The van der Waals surface area contributed by atoms with E-state index in [4.69, 9.17) is 23.2 Å². The van der Waals surface area contributed by atoms with Gasteiger partial charge in [0.1, 0.15) is 16.6 Å². The van der Waals surface area contributed by atoms with Crippen molar-refractivity contribution in [1.29, 1.82) is 0 Å². The van der Waals surface area contributed by atoms with E-state index >= 15 is 0 Å². The van der Waals surface area contributed by atoms with Crippen LogP contribution in [0.1, 0.15) is 11.1 Å². The van der Waals surface area contributed by atoms with Crippen molar-refractivity contribution in [2.45, 2.75) is 4.90 Å². The second-order valence-corrected chi connectivity index (χ2v) is 7.87. The number of hydrogen-bond acceptors (Lipinski definition) is 4. The van der Waals surface area contributed by atoms with E-state index in [0.29, 0.717) is 20.5 Å². The summed E-state index contributed by atoms with van der Waals surface area (Å²) in [6.07, 6.45) is 2.80. The minimum atomic E-state index is -2.00. The third-order valence-corrected chi connectivity index (χ3v) is 5.65. The topological polar surface area (TPSA) is 54.9 Å². The van der Waals surface area contributed by atoms with Gasteiger partial charge in [0.2, 0.25) is 0 Å². The van der Waals surface area contributed by atoms with Crippen LogP contribution in [0, 0.1) is 23.5 Å². The third kappa shape index (κ3) is 4.84. The fourth-order valence-electron chi connectivity index (χ4n) is 2.22. The number of nitrogens with zero attached hydrogens (tertiary/aromatic N) is 2. The van der Waals surface area contributed by atoms with Crippen molar-refractivity contribution < 1.29 is 13.0 Å². The molecule has 1 atom stereocenters. The van der Waals surface area contributed by atoms with Crippen LogP contribution in [0.15, 0.2) is 53.7 Å². The average Bonchev–Trinajstić information content (AvgIpc) is 2.69. The van der Waals surface area contributed by atoms with Crippen LogP contribution in [0.5, 0.6) is 0 Å². The van der Waals surface area contributed by atoms with Gasteiger partial charge in [-0.05, 0) is 30.3 Å². The molecule has 2 aromatic carbocycles. The Morgan fingerprint density at radius 2 is 1.89 bits per heavy atom. The Morgan fingerprint density at radius 3 is 2.64 bits per heavy atom. The summed E-state index contributed by atoms with van der Waals surface area (Å²) in [4.78, 5) is 0.351. The number of aromatic nitrogens is 2. The van der Waals surface area contributed by atoms with Crippen molar-refractivity contribution in [3.8, 4) is 11.8 Å². The molecule has 0 aliphatic rings. The summed E-state index contributed by atoms with van der Waals surface area (Å²) in [5.74, 6) is 3.28. The lowest BCUT2D eigenvalue weighted by molar-refractivity contribution is 0.579. The first-order chi connectivity index (χ1) is 13.5. The van der Waals surface area contributed by atoms with E-state index in [2.05, 4.69) is 27.4 Å². The standard InChI is InChI=1S/C19H11Cl2F2N3OS/c20-13-2-4-15(21)18(9-13)28(27)11-24-17-6-5-16(22)14(19(17)23)3-1-12-7-8-25-26-10-12/h2,4-10,24H,11H2/p+1. The maximum Gasteiger partial charge on any atom is 0.185 e. The number of nitrogens with one attached hydrogen (secondary N) is 1. The molecule has 3 rings (SSSR count). The lowest BCUT2D eigenvalue weighted by Crippen LogP contribution is -2.10. The van der Waals surface area contributed by atoms with Crippen molar-refractivity contribution in [3.05, 3.63) is 81.6 Å². The summed E-state index contributed by atoms with van der Waals surface area (Å²) in [6, 6.07) is 8.47. The van der Waals surface area contributed by atoms with Gasteiger partial charge in [-0.2, -0.15) is 10.2 Å². The Hall–Kier alpha value is -2.53. The molecule has 1 aromatic heterocycles. The molecule has 1 heterocycles. The van der Waals surface area contributed by atoms with Crippen LogP contribution in [0.2, 0.25) is 10.0 Å². The molecule has 0 bridgehead atoms. The average molecular weight is 439 g/mol. The van der Waals surface area contributed by atoms with Crippen molar-refractivity contribution in [2.24, 2.45) is 0 Å². The molecule has 0 amide bonds. The molecule has 9 heteroatoms. The van der Waals surface area contributed by atoms with Gasteiger partial charge in [0.05, 0.1) is 28.7 Å². The second kappa shape index (κ2) is 9.11. The number of rotatable bonds is 4. The Bertz CT molecular complexity index is 1100. The molecule has 0 saturated carbocycles. The summed E-state index contributed by atoms with van der Waals surface area (Å²) in [6.45, 7) is 0. The monoisotopic (exact) mass is 438 g/mol. The maximum atomic E-state index is 14.7. The van der Waals surface area contributed by atoms with Crippen molar-refractivity contribution >= 4 is 39.7 Å². The Labute approximate surface area is 172 Å². The Kier molecular flexibility index (Phi) is 6.57. The van der Waals surface area contributed by atoms with Gasteiger partial charge in [0.15, 0.2) is 16.6 Å². The fourth-order valence-corrected chi connectivity index (χ4v) is 3.95. The summed E-state index contributed by atoms with van der Waals surface area (Å²) in [5.41, 5.74) is 0.0312. The summed E-state index contributed by atoms with van der Waals surface area (Å²) >= 11 is 11.9. The number of hydrogen-bond donors (Lipinski definition) is 1. The van der Waals surface area contributed by atoms with Crippen molar-refractivity contribution in [3.63, 3.8) is 0 Å². The summed E-state index contributed by atoms with van der Waals surface area (Å²) < 4.78 is 41.1. The van der Waals surface area contributed by atoms with Crippen LogP contribution in [0.3, 0.4) is 0 Å². The molecule has 0 saturated heterocycles. The normalized spacial score (nSPS) is 11.4. The first kappa shape index (κ1) is 20.2. The SMILES string of the molecule is O=[SH+](CNc1ccc(F)c(C#Cc2ccnnc2)c1F)c1cc(Cl)ccc1Cl. The lowest BCUT2D eigenvalue weighted by Gasteiger charge is -2.07. The van der Waals surface area contributed by atoms with E-state index < -0.39 is 28.0 Å². The highest BCUT2D eigenvalue weighted by Gasteiger charge is 2.18. The predicted octanol–water partition coefficient (Wildman–Crippen LogP) is 4.59. The van der Waals surface area contributed by atoms with Gasteiger partial charge < -0.3 is 5.32 Å². The molecule has 1 N–H and O–H groups in total. The van der Waals surface area contributed by atoms with E-state index in [1.807, 2.05) is 0 Å². The van der Waals surface area contributed by atoms with Crippen LogP contribution in [-0.2, 0) is 15.0 Å². The molecule has 0 aliphatic heterocycles. The highest BCUT2D eigenvalue weighted by molar-refractivity contribution is 7.85. The highest BCUT2D eigenvalue weighted by atomic mass is 35.5. The molecule has 0 fully saturated rings. The summed E-state index contributed by atoms with van der Waals surface area (Å²) in [7, 11) is -2.00. The minimum absolute atomic E-state index is 0.0277. The van der Waals surface area contributed by atoms with Gasteiger partial charge in [-0.15, -0.1) is 4.21 Å². The van der Waals surface area contributed by atoms with Crippen molar-refractivity contribution in [2.75, 3.05) is 11.2 Å². The van der Waals surface area contributed by atoms with Crippen LogP contribution in [0.25, 0.3) is 0 Å². The number of thiol groups is 1. The number of halogens is 4. The Balaban J connectivity index is 1.81.